The molecular formula is C72H124O6. The van der Waals surface area contributed by atoms with Gasteiger partial charge < -0.3 is 14.2 Å². The minimum absolute atomic E-state index is 0.0842. The highest BCUT2D eigenvalue weighted by molar-refractivity contribution is 5.71. The van der Waals surface area contributed by atoms with Crippen molar-refractivity contribution in [2.75, 3.05) is 13.2 Å². The summed E-state index contributed by atoms with van der Waals surface area (Å²) < 4.78 is 16.8. The fraction of sp³-hybridized carbons (Fsp3) is 0.736. The van der Waals surface area contributed by atoms with Gasteiger partial charge in [0.15, 0.2) is 6.10 Å². The van der Waals surface area contributed by atoms with Gasteiger partial charge in [-0.25, -0.2) is 0 Å². The maximum Gasteiger partial charge on any atom is 0.306 e. The SMILES string of the molecule is CC/C=C\C/C=C\C/C=C\C/C=C\C/C=C\C/C=C\C/C=C\C/C=C\CCCCCCC(=O)OCC(COC(=O)CCCCCCC)OC(=O)CCCCCCCCCCCCCCCCCCCCCCCCCCCC. The molecule has 0 saturated heterocycles. The summed E-state index contributed by atoms with van der Waals surface area (Å²) in [7, 11) is 0. The molecule has 0 aliphatic rings. The third-order valence-electron chi connectivity index (χ3n) is 14.4. The van der Waals surface area contributed by atoms with E-state index in [2.05, 4.69) is 118 Å². The lowest BCUT2D eigenvalue weighted by Crippen LogP contribution is -2.30. The molecule has 0 N–H and O–H groups in total. The van der Waals surface area contributed by atoms with Gasteiger partial charge in [0.25, 0.3) is 0 Å². The predicted octanol–water partition coefficient (Wildman–Crippen LogP) is 22.8. The maximum absolute atomic E-state index is 12.8. The van der Waals surface area contributed by atoms with Crippen LogP contribution in [0.1, 0.15) is 323 Å². The Kier molecular flexibility index (Phi) is 62.7. The topological polar surface area (TPSA) is 78.9 Å². The second-order valence-electron chi connectivity index (χ2n) is 22.0. The first kappa shape index (κ1) is 74.3. The molecule has 0 aromatic heterocycles. The number of allylic oxidation sites excluding steroid dienone is 16. The van der Waals surface area contributed by atoms with Crippen LogP contribution in [0, 0.1) is 0 Å². The Morgan fingerprint density at radius 3 is 0.782 bits per heavy atom. The second kappa shape index (κ2) is 65.8. The molecule has 0 saturated carbocycles. The van der Waals surface area contributed by atoms with E-state index in [-0.39, 0.29) is 31.1 Å². The van der Waals surface area contributed by atoms with Crippen molar-refractivity contribution < 1.29 is 28.6 Å². The predicted molar refractivity (Wildman–Crippen MR) is 339 cm³/mol. The summed E-state index contributed by atoms with van der Waals surface area (Å²) in [4.78, 5) is 38.0. The monoisotopic (exact) mass is 1080 g/mol. The van der Waals surface area contributed by atoms with Crippen LogP contribution in [0.15, 0.2) is 97.2 Å². The zero-order chi connectivity index (χ0) is 56.4. The summed E-state index contributed by atoms with van der Waals surface area (Å²) in [6, 6.07) is 0. The smallest absolute Gasteiger partial charge is 0.306 e. The normalized spacial score (nSPS) is 12.7. The van der Waals surface area contributed by atoms with Crippen LogP contribution in [0.4, 0.5) is 0 Å². The van der Waals surface area contributed by atoms with Crippen LogP contribution in [0.25, 0.3) is 0 Å². The highest BCUT2D eigenvalue weighted by Gasteiger charge is 2.19. The minimum Gasteiger partial charge on any atom is -0.462 e. The lowest BCUT2D eigenvalue weighted by Gasteiger charge is -2.18. The van der Waals surface area contributed by atoms with E-state index in [1.54, 1.807) is 0 Å². The summed E-state index contributed by atoms with van der Waals surface area (Å²) in [5, 5.41) is 0. The van der Waals surface area contributed by atoms with Crippen molar-refractivity contribution in [2.24, 2.45) is 0 Å². The average Bonchev–Trinajstić information content (AvgIpc) is 3.44. The van der Waals surface area contributed by atoms with E-state index in [4.69, 9.17) is 14.2 Å². The molecule has 1 unspecified atom stereocenters. The molecule has 0 rings (SSSR count). The molecule has 78 heavy (non-hydrogen) atoms. The number of unbranched alkanes of at least 4 members (excludes halogenated alkanes) is 33. The lowest BCUT2D eigenvalue weighted by atomic mass is 10.0. The fourth-order valence-electron chi connectivity index (χ4n) is 9.40. The summed E-state index contributed by atoms with van der Waals surface area (Å²) in [5.41, 5.74) is 0. The van der Waals surface area contributed by atoms with E-state index in [1.165, 1.54) is 154 Å². The molecule has 448 valence electrons. The largest absolute Gasteiger partial charge is 0.462 e. The first-order chi connectivity index (χ1) is 38.5. The van der Waals surface area contributed by atoms with Gasteiger partial charge in [-0.1, -0.05) is 317 Å². The molecule has 0 bridgehead atoms. The molecule has 6 heteroatoms. The molecule has 0 radical (unpaired) electrons. The first-order valence-corrected chi connectivity index (χ1v) is 33.2. The van der Waals surface area contributed by atoms with Crippen LogP contribution >= 0.6 is 0 Å². The van der Waals surface area contributed by atoms with Crippen LogP contribution < -0.4 is 0 Å². The molecule has 0 aromatic rings. The van der Waals surface area contributed by atoms with Gasteiger partial charge in [0, 0.05) is 19.3 Å². The van der Waals surface area contributed by atoms with Crippen molar-refractivity contribution in [3.8, 4) is 0 Å². The Morgan fingerprint density at radius 1 is 0.269 bits per heavy atom. The lowest BCUT2D eigenvalue weighted by molar-refractivity contribution is -0.167. The van der Waals surface area contributed by atoms with Crippen LogP contribution in [-0.4, -0.2) is 37.2 Å². The number of hydrogen-bond acceptors (Lipinski definition) is 6. The Hall–Kier alpha value is -3.67. The van der Waals surface area contributed by atoms with E-state index in [1.807, 2.05) is 0 Å². The van der Waals surface area contributed by atoms with E-state index in [9.17, 15) is 14.4 Å². The molecule has 0 heterocycles. The first-order valence-electron chi connectivity index (χ1n) is 33.2. The highest BCUT2D eigenvalue weighted by atomic mass is 16.6. The number of hydrogen-bond donors (Lipinski definition) is 0. The van der Waals surface area contributed by atoms with Gasteiger partial charge in [0.1, 0.15) is 13.2 Å². The zero-order valence-electron chi connectivity index (χ0n) is 51.4. The Labute approximate surface area is 483 Å². The van der Waals surface area contributed by atoms with Crippen LogP contribution in [0.2, 0.25) is 0 Å². The Bertz CT molecular complexity index is 1530. The van der Waals surface area contributed by atoms with Gasteiger partial charge in [-0.2, -0.15) is 0 Å². The molecule has 0 aliphatic heterocycles. The fourth-order valence-corrected chi connectivity index (χ4v) is 9.40. The zero-order valence-corrected chi connectivity index (χ0v) is 51.4. The van der Waals surface area contributed by atoms with Gasteiger partial charge in [0.2, 0.25) is 0 Å². The molecule has 0 spiro atoms. The van der Waals surface area contributed by atoms with Gasteiger partial charge in [-0.05, 0) is 83.5 Å². The van der Waals surface area contributed by atoms with Gasteiger partial charge in [-0.15, -0.1) is 0 Å². The third kappa shape index (κ3) is 63.2. The molecule has 0 aliphatic carbocycles. The Balaban J connectivity index is 4.08. The summed E-state index contributed by atoms with van der Waals surface area (Å²) in [5.74, 6) is -0.913. The summed E-state index contributed by atoms with van der Waals surface area (Å²) in [6.45, 7) is 6.45. The van der Waals surface area contributed by atoms with E-state index in [0.29, 0.717) is 19.3 Å². The Morgan fingerprint density at radius 2 is 0.500 bits per heavy atom. The van der Waals surface area contributed by atoms with Crippen LogP contribution in [-0.2, 0) is 28.6 Å². The van der Waals surface area contributed by atoms with Crippen molar-refractivity contribution in [3.63, 3.8) is 0 Å². The molecular weight excluding hydrogens is 961 g/mol. The van der Waals surface area contributed by atoms with E-state index in [0.717, 1.165) is 128 Å². The highest BCUT2D eigenvalue weighted by Crippen LogP contribution is 2.17. The van der Waals surface area contributed by atoms with Crippen LogP contribution in [0.3, 0.4) is 0 Å². The standard InChI is InChI=1S/C72H124O6/c1-4-7-10-13-15-17-19-21-23-25-27-29-31-33-35-36-37-39-40-42-44-46-48-50-52-54-56-59-62-65-71(74)77-68-69(67-76-70(73)64-61-58-12-9-6-3)78-72(75)66-63-60-57-55-53-51-49-47-45-43-41-38-34-32-30-28-26-24-22-20-18-16-14-11-8-5-2/h7,10,15,17,21,23,27,29,33,35,37,39,42,44,48,50,69H,4-6,8-9,11-14,16,18-20,22,24-26,28,30-32,34,36,38,40-41,43,45-47,49,51-68H2,1-3H3/b10-7-,17-15-,23-21-,29-27-,35-33-,39-37-,44-42-,50-48-. The van der Waals surface area contributed by atoms with Crippen molar-refractivity contribution in [1.29, 1.82) is 0 Å². The van der Waals surface area contributed by atoms with Gasteiger partial charge >= 0.3 is 17.9 Å². The second-order valence-corrected chi connectivity index (χ2v) is 22.0. The molecule has 1 atom stereocenters. The molecule has 6 nitrogen and oxygen atoms in total. The molecule has 0 fully saturated rings. The maximum atomic E-state index is 12.8. The minimum atomic E-state index is -0.784. The van der Waals surface area contributed by atoms with E-state index < -0.39 is 6.10 Å². The summed E-state index contributed by atoms with van der Waals surface area (Å²) >= 11 is 0. The molecule has 0 aromatic carbocycles. The van der Waals surface area contributed by atoms with Crippen molar-refractivity contribution in [3.05, 3.63) is 97.2 Å². The summed E-state index contributed by atoms with van der Waals surface area (Å²) in [6.07, 6.45) is 89.1. The number of ether oxygens (including phenoxy) is 3. The van der Waals surface area contributed by atoms with Gasteiger partial charge in [-0.3, -0.25) is 14.4 Å². The third-order valence-corrected chi connectivity index (χ3v) is 14.4. The number of carbonyl (C=O) groups excluding carboxylic acids is 3. The average molecular weight is 1090 g/mol. The number of carbonyl (C=O) groups is 3. The van der Waals surface area contributed by atoms with Crippen molar-refractivity contribution >= 4 is 17.9 Å². The van der Waals surface area contributed by atoms with E-state index >= 15 is 0 Å². The number of rotatable bonds is 60. The molecule has 0 amide bonds. The quantitative estimate of drug-likeness (QED) is 0.0261. The van der Waals surface area contributed by atoms with Gasteiger partial charge in [0.05, 0.1) is 0 Å². The van der Waals surface area contributed by atoms with Crippen LogP contribution in [0.5, 0.6) is 0 Å². The number of esters is 3. The van der Waals surface area contributed by atoms with Crippen molar-refractivity contribution in [1.82, 2.24) is 0 Å². The van der Waals surface area contributed by atoms with Crippen molar-refractivity contribution in [2.45, 2.75) is 329 Å².